The number of nitrogens with one attached hydrogen (secondary N) is 1. The molecule has 0 heterocycles. The van der Waals surface area contributed by atoms with Crippen LogP contribution in [0.1, 0.15) is 24.8 Å². The number of hydrogen-bond donors (Lipinski definition) is 5. The molecule has 1 saturated carbocycles. The van der Waals surface area contributed by atoms with Gasteiger partial charge < -0.3 is 43.7 Å². The quantitative estimate of drug-likeness (QED) is 0.249. The fourth-order valence-corrected chi connectivity index (χ4v) is 1.80. The Morgan fingerprint density at radius 1 is 1.21 bits per heavy atom. The van der Waals surface area contributed by atoms with Gasteiger partial charge in [0, 0.05) is 5.56 Å². The van der Waals surface area contributed by atoms with E-state index in [9.17, 15) is 0 Å². The van der Waals surface area contributed by atoms with Crippen LogP contribution >= 0.6 is 0 Å². The van der Waals surface area contributed by atoms with Crippen LogP contribution < -0.4 is 33.5 Å². The van der Waals surface area contributed by atoms with E-state index in [0.29, 0.717) is 24.5 Å². The molecule has 0 atom stereocenters. The zero-order chi connectivity index (χ0) is 17.5. The molecule has 0 bridgehead atoms. The molecular formula is C16H30ClN3O4. The molecule has 1 aromatic carbocycles. The van der Waals surface area contributed by atoms with Gasteiger partial charge in [0.1, 0.15) is 25.4 Å². The van der Waals surface area contributed by atoms with Crippen molar-refractivity contribution in [3.05, 3.63) is 23.8 Å². The normalized spacial score (nSPS) is 11.2. The first-order chi connectivity index (χ1) is 11.1. The topological polar surface area (TPSA) is 123 Å². The minimum absolute atomic E-state index is 0. The maximum absolute atomic E-state index is 8.93. The van der Waals surface area contributed by atoms with Gasteiger partial charge in [-0.15, -0.1) is 0 Å². The average molecular weight is 364 g/mol. The zero-order valence-corrected chi connectivity index (χ0v) is 15.0. The van der Waals surface area contributed by atoms with Crippen molar-refractivity contribution in [3.8, 4) is 5.75 Å². The fourth-order valence-electron chi connectivity index (χ4n) is 1.80. The van der Waals surface area contributed by atoms with Crippen LogP contribution in [0.25, 0.3) is 0 Å². The first kappa shape index (κ1) is 24.7. The second kappa shape index (κ2) is 16.3. The molecule has 0 spiro atoms. The number of aliphatic hydroxyl groups is 2. The molecule has 7 N–H and O–H groups in total. The third-order valence-corrected chi connectivity index (χ3v) is 3.03. The number of hydrogen-bond acceptors (Lipinski definition) is 5. The molecule has 1 amide bonds. The number of carbonyl (C=O) groups excluding carboxylic acids is 1. The van der Waals surface area contributed by atoms with E-state index in [1.54, 1.807) is 7.11 Å². The van der Waals surface area contributed by atoms with Crippen molar-refractivity contribution < 1.29 is 37.1 Å². The second-order valence-electron chi connectivity index (χ2n) is 5.15. The molecule has 0 radical (unpaired) electrons. The van der Waals surface area contributed by atoms with Crippen molar-refractivity contribution in [2.24, 2.45) is 5.73 Å². The van der Waals surface area contributed by atoms with Gasteiger partial charge in [-0.25, -0.2) is 0 Å². The van der Waals surface area contributed by atoms with Gasteiger partial charge in [-0.3, -0.25) is 4.79 Å². The lowest BCUT2D eigenvalue weighted by Crippen LogP contribution is -3.11. The van der Waals surface area contributed by atoms with Crippen LogP contribution in [0.5, 0.6) is 5.75 Å². The van der Waals surface area contributed by atoms with Gasteiger partial charge in [0.25, 0.3) is 0 Å². The lowest BCUT2D eigenvalue weighted by molar-refractivity contribution is -0.914. The number of quaternary nitrogens is 1. The van der Waals surface area contributed by atoms with Gasteiger partial charge in [0.05, 0.1) is 26.0 Å². The lowest BCUT2D eigenvalue weighted by atomic mass is 10.1. The summed E-state index contributed by atoms with van der Waals surface area (Å²) in [5, 5.41) is 17.9. The number of halogens is 1. The zero-order valence-electron chi connectivity index (χ0n) is 14.2. The van der Waals surface area contributed by atoms with Gasteiger partial charge in [-0.2, -0.15) is 0 Å². The number of carbonyl (C=O) groups is 1. The van der Waals surface area contributed by atoms with Gasteiger partial charge in [0.2, 0.25) is 6.41 Å². The van der Waals surface area contributed by atoms with Crippen molar-refractivity contribution in [2.75, 3.05) is 39.1 Å². The Hall–Kier alpha value is -1.54. The predicted molar refractivity (Wildman–Crippen MR) is 90.1 cm³/mol. The number of aliphatic hydroxyl groups excluding tert-OH is 2. The van der Waals surface area contributed by atoms with E-state index >= 15 is 0 Å². The molecule has 140 valence electrons. The lowest BCUT2D eigenvalue weighted by Gasteiger charge is -2.18. The van der Waals surface area contributed by atoms with Gasteiger partial charge in [0.15, 0.2) is 0 Å². The standard InChI is InChI=1S/C12H20N2O3.C3H6.CH3NO.ClH/c1-17-12-3-2-10(8-11(12)13)9-14(4-6-15)5-7-16;1-2-3-1;2-1-3;/h2-3,8,15-16H,4-7,9,13H2,1H3;1-3H2;1H,(H2,2,3);1H. The Balaban J connectivity index is 0. The summed E-state index contributed by atoms with van der Waals surface area (Å²) in [6, 6.07) is 5.65. The Morgan fingerprint density at radius 3 is 2.04 bits per heavy atom. The summed E-state index contributed by atoms with van der Waals surface area (Å²) in [4.78, 5) is 9.71. The number of ether oxygens (including phenoxy) is 1. The smallest absolute Gasteiger partial charge is 0.204 e. The Labute approximate surface area is 150 Å². The maximum atomic E-state index is 8.93. The Morgan fingerprint density at radius 2 is 1.71 bits per heavy atom. The van der Waals surface area contributed by atoms with Crippen LogP contribution in [0.3, 0.4) is 0 Å². The van der Waals surface area contributed by atoms with E-state index < -0.39 is 0 Å². The van der Waals surface area contributed by atoms with Gasteiger partial charge in [-0.1, -0.05) is 19.3 Å². The number of rotatable bonds is 7. The third kappa shape index (κ3) is 13.0. The molecule has 0 aromatic heterocycles. The Bertz CT molecular complexity index is 425. The molecule has 1 aromatic rings. The SMILES string of the molecule is C1CC1.COc1ccc(C[NH+](CCO)CCO)cc1N.NC=O.[Cl-]. The monoisotopic (exact) mass is 363 g/mol. The molecule has 1 fully saturated rings. The van der Waals surface area contributed by atoms with E-state index in [1.807, 2.05) is 18.2 Å². The van der Waals surface area contributed by atoms with E-state index in [0.717, 1.165) is 17.0 Å². The molecule has 8 heteroatoms. The molecule has 7 nitrogen and oxygen atoms in total. The number of amides is 1. The van der Waals surface area contributed by atoms with Crippen LogP contribution in [-0.4, -0.2) is 50.0 Å². The summed E-state index contributed by atoms with van der Waals surface area (Å²) in [5.74, 6) is 0.666. The number of benzene rings is 1. The van der Waals surface area contributed by atoms with Crippen molar-refractivity contribution in [1.29, 1.82) is 0 Å². The van der Waals surface area contributed by atoms with Crippen molar-refractivity contribution in [1.82, 2.24) is 0 Å². The summed E-state index contributed by atoms with van der Waals surface area (Å²) >= 11 is 0. The van der Waals surface area contributed by atoms with Crippen LogP contribution in [0.4, 0.5) is 5.69 Å². The van der Waals surface area contributed by atoms with Gasteiger partial charge in [-0.05, 0) is 18.2 Å². The van der Waals surface area contributed by atoms with Crippen molar-refractivity contribution in [3.63, 3.8) is 0 Å². The second-order valence-corrected chi connectivity index (χ2v) is 5.15. The molecule has 0 aliphatic heterocycles. The van der Waals surface area contributed by atoms with Crippen LogP contribution in [-0.2, 0) is 11.3 Å². The molecular weight excluding hydrogens is 334 g/mol. The highest BCUT2D eigenvalue weighted by atomic mass is 35.5. The summed E-state index contributed by atoms with van der Waals surface area (Å²) in [6.07, 6.45) is 4.75. The van der Waals surface area contributed by atoms with E-state index in [-0.39, 0.29) is 32.0 Å². The molecule has 0 saturated heterocycles. The van der Waals surface area contributed by atoms with Crippen LogP contribution in [0, 0.1) is 0 Å². The first-order valence-electron chi connectivity index (χ1n) is 7.75. The highest BCUT2D eigenvalue weighted by molar-refractivity contribution is 5.54. The van der Waals surface area contributed by atoms with Crippen LogP contribution in [0.2, 0.25) is 0 Å². The average Bonchev–Trinajstić information content (AvgIpc) is 3.37. The summed E-state index contributed by atoms with van der Waals surface area (Å²) < 4.78 is 5.09. The van der Waals surface area contributed by atoms with E-state index in [4.69, 9.17) is 25.5 Å². The van der Waals surface area contributed by atoms with Crippen molar-refractivity contribution >= 4 is 12.1 Å². The van der Waals surface area contributed by atoms with Crippen LogP contribution in [0.15, 0.2) is 18.2 Å². The summed E-state index contributed by atoms with van der Waals surface area (Å²) in [7, 11) is 1.58. The fraction of sp³-hybridized carbons (Fsp3) is 0.562. The molecule has 1 aliphatic rings. The minimum Gasteiger partial charge on any atom is -1.00 e. The summed E-state index contributed by atoms with van der Waals surface area (Å²) in [6.45, 7) is 2.19. The number of methoxy groups -OCH3 is 1. The first-order valence-corrected chi connectivity index (χ1v) is 7.75. The minimum atomic E-state index is 0. The van der Waals surface area contributed by atoms with Crippen molar-refractivity contribution in [2.45, 2.75) is 25.8 Å². The number of primary amides is 1. The predicted octanol–water partition coefficient (Wildman–Crippen LogP) is -4.08. The number of nitrogens with two attached hydrogens (primary N) is 2. The highest BCUT2D eigenvalue weighted by Gasteiger charge is 2.09. The summed E-state index contributed by atoms with van der Waals surface area (Å²) in [5.41, 5.74) is 11.7. The molecule has 24 heavy (non-hydrogen) atoms. The highest BCUT2D eigenvalue weighted by Crippen LogP contribution is 2.21. The maximum Gasteiger partial charge on any atom is 0.204 e. The Kier molecular flexibility index (Phi) is 16.8. The number of anilines is 1. The number of nitrogen functional groups attached to an aromatic ring is 1. The van der Waals surface area contributed by atoms with E-state index in [2.05, 4.69) is 5.73 Å². The molecule has 0 unspecified atom stereocenters. The largest absolute Gasteiger partial charge is 1.00 e. The molecule has 2 rings (SSSR count). The third-order valence-electron chi connectivity index (χ3n) is 3.03. The molecule has 1 aliphatic carbocycles. The van der Waals surface area contributed by atoms with Gasteiger partial charge >= 0.3 is 0 Å². The van der Waals surface area contributed by atoms with E-state index in [1.165, 1.54) is 19.3 Å².